The largest absolute Gasteiger partial charge is 0.468 e. The Labute approximate surface area is 127 Å². The molecule has 0 amide bonds. The minimum absolute atomic E-state index is 0.174. The van der Waals surface area contributed by atoms with E-state index in [9.17, 15) is 4.79 Å². The lowest BCUT2D eigenvalue weighted by atomic mass is 9.97. The molecule has 2 rings (SSSR count). The Bertz CT molecular complexity index is 482. The number of hydrogen-bond donors (Lipinski definition) is 1. The van der Waals surface area contributed by atoms with Gasteiger partial charge in [0.1, 0.15) is 5.54 Å². The van der Waals surface area contributed by atoms with Crippen LogP contribution in [0, 0.1) is 6.92 Å². The number of esters is 1. The van der Waals surface area contributed by atoms with Crippen molar-refractivity contribution in [3.05, 3.63) is 29.8 Å². The summed E-state index contributed by atoms with van der Waals surface area (Å²) in [6, 6.07) is 8.90. The zero-order valence-corrected chi connectivity index (χ0v) is 13.5. The quantitative estimate of drug-likeness (QED) is 0.784. The van der Waals surface area contributed by atoms with Gasteiger partial charge in [-0.1, -0.05) is 17.7 Å². The van der Waals surface area contributed by atoms with E-state index in [1.807, 2.05) is 6.92 Å². The molecule has 1 aromatic rings. The molecule has 116 valence electrons. The van der Waals surface area contributed by atoms with Gasteiger partial charge in [-0.15, -0.1) is 0 Å². The van der Waals surface area contributed by atoms with Crippen LogP contribution in [0.1, 0.15) is 31.7 Å². The van der Waals surface area contributed by atoms with Gasteiger partial charge in [0, 0.05) is 25.3 Å². The number of rotatable bonds is 7. The Hall–Kier alpha value is -1.55. The molecule has 0 radical (unpaired) electrons. The van der Waals surface area contributed by atoms with Gasteiger partial charge in [0.05, 0.1) is 7.11 Å². The Balaban J connectivity index is 1.96. The van der Waals surface area contributed by atoms with E-state index >= 15 is 0 Å². The number of nitrogens with zero attached hydrogens (tertiary/aromatic N) is 1. The molecule has 0 saturated heterocycles. The second-order valence-corrected chi connectivity index (χ2v) is 6.25. The Kier molecular flexibility index (Phi) is 4.88. The first-order chi connectivity index (χ1) is 9.94. The molecule has 0 aliphatic heterocycles. The van der Waals surface area contributed by atoms with Crippen LogP contribution >= 0.6 is 0 Å². The summed E-state index contributed by atoms with van der Waals surface area (Å²) in [4.78, 5) is 14.3. The monoisotopic (exact) mass is 290 g/mol. The van der Waals surface area contributed by atoms with Gasteiger partial charge in [-0.25, -0.2) is 0 Å². The SMILES string of the molecule is COC(=O)C(C)(CCN(C)c1ccc(C)cc1)NC1CC1. The van der Waals surface area contributed by atoms with E-state index in [1.54, 1.807) is 0 Å². The van der Waals surface area contributed by atoms with Crippen molar-refractivity contribution >= 4 is 11.7 Å². The molecule has 21 heavy (non-hydrogen) atoms. The van der Waals surface area contributed by atoms with Crippen LogP contribution in [0.5, 0.6) is 0 Å². The number of hydrogen-bond acceptors (Lipinski definition) is 4. The fourth-order valence-corrected chi connectivity index (χ4v) is 2.46. The highest BCUT2D eigenvalue weighted by atomic mass is 16.5. The van der Waals surface area contributed by atoms with Gasteiger partial charge in [0.2, 0.25) is 0 Å². The van der Waals surface area contributed by atoms with Crippen LogP contribution in [-0.2, 0) is 9.53 Å². The molecule has 1 saturated carbocycles. The minimum Gasteiger partial charge on any atom is -0.468 e. The third kappa shape index (κ3) is 4.21. The molecular formula is C17H26N2O2. The summed E-state index contributed by atoms with van der Waals surface area (Å²) in [7, 11) is 3.51. The van der Waals surface area contributed by atoms with Crippen molar-refractivity contribution in [2.75, 3.05) is 25.6 Å². The first kappa shape index (κ1) is 15.8. The first-order valence-corrected chi connectivity index (χ1v) is 7.58. The Morgan fingerprint density at radius 2 is 2.00 bits per heavy atom. The van der Waals surface area contributed by atoms with E-state index < -0.39 is 5.54 Å². The van der Waals surface area contributed by atoms with E-state index in [0.717, 1.165) is 25.8 Å². The Morgan fingerprint density at radius 1 is 1.38 bits per heavy atom. The highest BCUT2D eigenvalue weighted by Gasteiger charge is 2.39. The van der Waals surface area contributed by atoms with Crippen molar-refractivity contribution in [2.45, 2.75) is 44.7 Å². The number of aryl methyl sites for hydroxylation is 1. The van der Waals surface area contributed by atoms with Crippen LogP contribution in [0.15, 0.2) is 24.3 Å². The van der Waals surface area contributed by atoms with Gasteiger partial charge in [-0.2, -0.15) is 0 Å². The lowest BCUT2D eigenvalue weighted by Gasteiger charge is -2.31. The highest BCUT2D eigenvalue weighted by molar-refractivity contribution is 5.80. The summed E-state index contributed by atoms with van der Waals surface area (Å²) in [6.07, 6.45) is 3.03. The molecule has 1 atom stereocenters. The number of carbonyl (C=O) groups is 1. The molecule has 1 aliphatic carbocycles. The van der Waals surface area contributed by atoms with E-state index in [-0.39, 0.29) is 5.97 Å². The van der Waals surface area contributed by atoms with Crippen molar-refractivity contribution in [1.82, 2.24) is 5.32 Å². The molecule has 4 nitrogen and oxygen atoms in total. The maximum absolute atomic E-state index is 12.1. The van der Waals surface area contributed by atoms with Gasteiger partial charge in [-0.05, 0) is 45.2 Å². The van der Waals surface area contributed by atoms with Crippen LogP contribution in [0.2, 0.25) is 0 Å². The number of anilines is 1. The third-order valence-electron chi connectivity index (χ3n) is 4.16. The number of carbonyl (C=O) groups excluding carboxylic acids is 1. The lowest BCUT2D eigenvalue weighted by molar-refractivity contribution is -0.148. The van der Waals surface area contributed by atoms with E-state index in [2.05, 4.69) is 48.5 Å². The maximum Gasteiger partial charge on any atom is 0.325 e. The van der Waals surface area contributed by atoms with Crippen LogP contribution in [-0.4, -0.2) is 38.3 Å². The average Bonchev–Trinajstić information content (AvgIpc) is 3.28. The number of methoxy groups -OCH3 is 1. The van der Waals surface area contributed by atoms with Crippen molar-refractivity contribution < 1.29 is 9.53 Å². The minimum atomic E-state index is -0.602. The molecular weight excluding hydrogens is 264 g/mol. The predicted molar refractivity (Wildman–Crippen MR) is 85.6 cm³/mol. The van der Waals surface area contributed by atoms with Gasteiger partial charge in [0.15, 0.2) is 0 Å². The van der Waals surface area contributed by atoms with Crippen LogP contribution in [0.3, 0.4) is 0 Å². The summed E-state index contributed by atoms with van der Waals surface area (Å²) in [5.74, 6) is -0.174. The number of ether oxygens (including phenoxy) is 1. The number of nitrogens with one attached hydrogen (secondary N) is 1. The van der Waals surface area contributed by atoms with Crippen LogP contribution < -0.4 is 10.2 Å². The fourth-order valence-electron chi connectivity index (χ4n) is 2.46. The summed E-state index contributed by atoms with van der Waals surface area (Å²) in [6.45, 7) is 4.83. The molecule has 1 aliphatic rings. The zero-order chi connectivity index (χ0) is 15.5. The summed E-state index contributed by atoms with van der Waals surface area (Å²) in [5.41, 5.74) is 1.82. The van der Waals surface area contributed by atoms with E-state index in [4.69, 9.17) is 4.74 Å². The summed E-state index contributed by atoms with van der Waals surface area (Å²) >= 11 is 0. The summed E-state index contributed by atoms with van der Waals surface area (Å²) < 4.78 is 4.98. The third-order valence-corrected chi connectivity index (χ3v) is 4.16. The smallest absolute Gasteiger partial charge is 0.325 e. The van der Waals surface area contributed by atoms with Crippen molar-refractivity contribution in [3.63, 3.8) is 0 Å². The van der Waals surface area contributed by atoms with E-state index in [1.165, 1.54) is 18.4 Å². The average molecular weight is 290 g/mol. The zero-order valence-electron chi connectivity index (χ0n) is 13.5. The summed E-state index contributed by atoms with van der Waals surface area (Å²) in [5, 5.41) is 3.43. The molecule has 1 unspecified atom stereocenters. The first-order valence-electron chi connectivity index (χ1n) is 7.58. The van der Waals surface area contributed by atoms with Gasteiger partial charge in [0.25, 0.3) is 0 Å². The van der Waals surface area contributed by atoms with E-state index in [0.29, 0.717) is 6.04 Å². The maximum atomic E-state index is 12.1. The fraction of sp³-hybridized carbons (Fsp3) is 0.588. The lowest BCUT2D eigenvalue weighted by Crippen LogP contribution is -2.52. The number of benzene rings is 1. The highest BCUT2D eigenvalue weighted by Crippen LogP contribution is 2.25. The molecule has 0 spiro atoms. The van der Waals surface area contributed by atoms with Crippen LogP contribution in [0.4, 0.5) is 5.69 Å². The van der Waals surface area contributed by atoms with Crippen molar-refractivity contribution in [3.8, 4) is 0 Å². The molecule has 1 N–H and O–H groups in total. The Morgan fingerprint density at radius 3 is 2.52 bits per heavy atom. The predicted octanol–water partition coefficient (Wildman–Crippen LogP) is 2.51. The van der Waals surface area contributed by atoms with Crippen molar-refractivity contribution in [2.24, 2.45) is 0 Å². The standard InChI is InChI=1S/C17H26N2O2/c1-13-5-9-15(10-6-13)19(3)12-11-17(2,16(20)21-4)18-14-7-8-14/h5-6,9-10,14,18H,7-8,11-12H2,1-4H3. The van der Waals surface area contributed by atoms with Crippen LogP contribution in [0.25, 0.3) is 0 Å². The van der Waals surface area contributed by atoms with Gasteiger partial charge in [-0.3, -0.25) is 10.1 Å². The second-order valence-electron chi connectivity index (χ2n) is 6.25. The topological polar surface area (TPSA) is 41.6 Å². The normalized spacial score (nSPS) is 17.1. The molecule has 1 fully saturated rings. The van der Waals surface area contributed by atoms with Gasteiger partial charge < -0.3 is 9.64 Å². The molecule has 0 heterocycles. The molecule has 4 heteroatoms. The van der Waals surface area contributed by atoms with Crippen molar-refractivity contribution in [1.29, 1.82) is 0 Å². The van der Waals surface area contributed by atoms with Gasteiger partial charge >= 0.3 is 5.97 Å². The molecule has 0 aromatic heterocycles. The molecule has 0 bridgehead atoms. The molecule has 1 aromatic carbocycles. The second kappa shape index (κ2) is 6.48.